The number of ether oxygens (including phenoxy) is 1. The molecular weight excluding hydrogens is 310 g/mol. The van der Waals surface area contributed by atoms with Gasteiger partial charge in [0.2, 0.25) is 5.82 Å². The molecule has 0 N–H and O–H groups in total. The normalized spacial score (nSPS) is 17.6. The third kappa shape index (κ3) is 2.76. The van der Waals surface area contributed by atoms with Crippen molar-refractivity contribution in [1.82, 2.24) is 0 Å². The van der Waals surface area contributed by atoms with Crippen LogP contribution in [0.1, 0.15) is 19.3 Å². The lowest BCUT2D eigenvalue weighted by Gasteiger charge is -2.40. The van der Waals surface area contributed by atoms with E-state index >= 15 is 0 Å². The predicted octanol–water partition coefficient (Wildman–Crippen LogP) is 4.21. The Kier molecular flexibility index (Phi) is 3.98. The molecule has 0 atom stereocenters. The van der Waals surface area contributed by atoms with Gasteiger partial charge in [-0.15, -0.1) is 0 Å². The van der Waals surface area contributed by atoms with Gasteiger partial charge in [-0.3, -0.25) is 0 Å². The van der Waals surface area contributed by atoms with Crippen molar-refractivity contribution < 1.29 is 13.5 Å². The van der Waals surface area contributed by atoms with E-state index in [-0.39, 0.29) is 11.2 Å². The number of halogens is 3. The summed E-state index contributed by atoms with van der Waals surface area (Å²) in [6.45, 7) is 0.392. The second kappa shape index (κ2) is 5.14. The fourth-order valence-electron chi connectivity index (χ4n) is 1.89. The van der Waals surface area contributed by atoms with Crippen LogP contribution in [0.3, 0.4) is 0 Å². The Bertz CT molecular complexity index is 416. The third-order valence-corrected chi connectivity index (χ3v) is 4.37. The van der Waals surface area contributed by atoms with Gasteiger partial charge in [-0.2, -0.15) is 17.0 Å². The molecule has 1 saturated carbocycles. The fraction of sp³-hybridized carbons (Fsp3) is 0.500. The lowest BCUT2D eigenvalue weighted by atomic mass is 9.71. The molecule has 0 radical (unpaired) electrons. The molecule has 0 saturated heterocycles. The number of thiol groups is 1. The molecule has 5 heteroatoms. The SMILES string of the molecule is Fc1cc(Br)cc(OCC2(CS)CCC2)c1F. The Morgan fingerprint density at radius 2 is 2.06 bits per heavy atom. The maximum atomic E-state index is 13.4. The van der Waals surface area contributed by atoms with E-state index in [9.17, 15) is 8.78 Å². The van der Waals surface area contributed by atoms with Gasteiger partial charge in [-0.1, -0.05) is 22.4 Å². The summed E-state index contributed by atoms with van der Waals surface area (Å²) in [5, 5.41) is 0. The molecular formula is C12H13BrF2OS. The second-order valence-electron chi connectivity index (χ2n) is 4.50. The van der Waals surface area contributed by atoms with Gasteiger partial charge in [0.1, 0.15) is 0 Å². The molecule has 1 fully saturated rings. The Morgan fingerprint density at radius 3 is 2.59 bits per heavy atom. The second-order valence-corrected chi connectivity index (χ2v) is 5.73. The van der Waals surface area contributed by atoms with Crippen LogP contribution in [0, 0.1) is 17.0 Å². The standard InChI is InChI=1S/C12H13BrF2OS/c13-8-4-9(14)11(15)10(5-8)16-6-12(7-17)2-1-3-12/h4-5,17H,1-3,6-7H2. The van der Waals surface area contributed by atoms with Gasteiger partial charge in [0.25, 0.3) is 0 Å². The zero-order chi connectivity index (χ0) is 12.5. The first-order valence-corrected chi connectivity index (χ1v) is 6.87. The lowest BCUT2D eigenvalue weighted by Crippen LogP contribution is -2.37. The first kappa shape index (κ1) is 13.1. The van der Waals surface area contributed by atoms with Crippen LogP contribution in [-0.4, -0.2) is 12.4 Å². The first-order valence-electron chi connectivity index (χ1n) is 5.44. The summed E-state index contributed by atoms with van der Waals surface area (Å²) in [6.07, 6.45) is 3.22. The van der Waals surface area contributed by atoms with Crippen molar-refractivity contribution in [2.24, 2.45) is 5.41 Å². The molecule has 0 aromatic heterocycles. The maximum Gasteiger partial charge on any atom is 0.200 e. The molecule has 0 spiro atoms. The Balaban J connectivity index is 2.08. The van der Waals surface area contributed by atoms with Gasteiger partial charge in [0.15, 0.2) is 11.6 Å². The summed E-state index contributed by atoms with van der Waals surface area (Å²) < 4.78 is 32.5. The minimum Gasteiger partial charge on any atom is -0.490 e. The monoisotopic (exact) mass is 322 g/mol. The van der Waals surface area contributed by atoms with Crippen LogP contribution in [0.5, 0.6) is 5.75 Å². The topological polar surface area (TPSA) is 9.23 Å². The lowest BCUT2D eigenvalue weighted by molar-refractivity contribution is 0.0800. The van der Waals surface area contributed by atoms with Crippen molar-refractivity contribution in [3.05, 3.63) is 28.2 Å². The van der Waals surface area contributed by atoms with Gasteiger partial charge in [-0.05, 0) is 30.7 Å². The molecule has 0 aliphatic heterocycles. The van der Waals surface area contributed by atoms with Gasteiger partial charge in [0, 0.05) is 9.89 Å². The van der Waals surface area contributed by atoms with E-state index < -0.39 is 11.6 Å². The first-order chi connectivity index (χ1) is 8.06. The molecule has 1 nitrogen and oxygen atoms in total. The number of rotatable bonds is 4. The van der Waals surface area contributed by atoms with Crippen LogP contribution in [0.15, 0.2) is 16.6 Å². The molecule has 1 aromatic rings. The number of hydrogen-bond acceptors (Lipinski definition) is 2. The Hall–Kier alpha value is -0.290. The van der Waals surface area contributed by atoms with Crippen LogP contribution >= 0.6 is 28.6 Å². The van der Waals surface area contributed by atoms with Crippen molar-refractivity contribution in [3.8, 4) is 5.75 Å². The highest BCUT2D eigenvalue weighted by atomic mass is 79.9. The summed E-state index contributed by atoms with van der Waals surface area (Å²) >= 11 is 7.40. The third-order valence-electron chi connectivity index (χ3n) is 3.24. The molecule has 17 heavy (non-hydrogen) atoms. The molecule has 1 aliphatic carbocycles. The molecule has 0 bridgehead atoms. The minimum absolute atomic E-state index is 0.0361. The number of benzene rings is 1. The fourth-order valence-corrected chi connectivity index (χ4v) is 2.71. The molecule has 94 valence electrons. The van der Waals surface area contributed by atoms with Gasteiger partial charge >= 0.3 is 0 Å². The van der Waals surface area contributed by atoms with Crippen molar-refractivity contribution in [1.29, 1.82) is 0 Å². The Morgan fingerprint density at radius 1 is 1.35 bits per heavy atom. The zero-order valence-corrected chi connectivity index (χ0v) is 11.7. The van der Waals surface area contributed by atoms with E-state index in [0.29, 0.717) is 16.8 Å². The summed E-state index contributed by atoms with van der Waals surface area (Å²) in [6, 6.07) is 2.53. The van der Waals surface area contributed by atoms with Gasteiger partial charge in [-0.25, -0.2) is 4.39 Å². The molecule has 0 unspecified atom stereocenters. The maximum absolute atomic E-state index is 13.4. The van der Waals surface area contributed by atoms with Crippen molar-refractivity contribution in [3.63, 3.8) is 0 Å². The summed E-state index contributed by atoms with van der Waals surface area (Å²) in [4.78, 5) is 0. The van der Waals surface area contributed by atoms with Crippen LogP contribution in [0.4, 0.5) is 8.78 Å². The highest BCUT2D eigenvalue weighted by Gasteiger charge is 2.36. The quantitative estimate of drug-likeness (QED) is 0.645. The van der Waals surface area contributed by atoms with Gasteiger partial charge in [0.05, 0.1) is 6.61 Å². The van der Waals surface area contributed by atoms with Crippen LogP contribution in [0.2, 0.25) is 0 Å². The number of hydrogen-bond donors (Lipinski definition) is 1. The average Bonchev–Trinajstić information content (AvgIpc) is 2.23. The van der Waals surface area contributed by atoms with Crippen LogP contribution in [-0.2, 0) is 0 Å². The highest BCUT2D eigenvalue weighted by Crippen LogP contribution is 2.42. The molecule has 1 aliphatic rings. The van der Waals surface area contributed by atoms with E-state index in [1.54, 1.807) is 0 Å². The molecule has 0 amide bonds. The summed E-state index contributed by atoms with van der Waals surface area (Å²) in [5.74, 6) is -1.15. The largest absolute Gasteiger partial charge is 0.490 e. The van der Waals surface area contributed by atoms with Crippen molar-refractivity contribution in [2.75, 3.05) is 12.4 Å². The highest BCUT2D eigenvalue weighted by molar-refractivity contribution is 9.10. The average molecular weight is 323 g/mol. The Labute approximate surface area is 113 Å². The molecule has 1 aromatic carbocycles. The van der Waals surface area contributed by atoms with E-state index in [2.05, 4.69) is 28.6 Å². The molecule has 0 heterocycles. The summed E-state index contributed by atoms with van der Waals surface area (Å²) in [5.41, 5.74) is 0.0361. The van der Waals surface area contributed by atoms with E-state index in [1.807, 2.05) is 0 Å². The van der Waals surface area contributed by atoms with Gasteiger partial charge < -0.3 is 4.74 Å². The zero-order valence-electron chi connectivity index (χ0n) is 9.18. The van der Waals surface area contributed by atoms with Crippen molar-refractivity contribution in [2.45, 2.75) is 19.3 Å². The van der Waals surface area contributed by atoms with Crippen molar-refractivity contribution >= 4 is 28.6 Å². The van der Waals surface area contributed by atoms with E-state index in [4.69, 9.17) is 4.74 Å². The smallest absolute Gasteiger partial charge is 0.200 e. The van der Waals surface area contributed by atoms with Crippen LogP contribution in [0.25, 0.3) is 0 Å². The van der Waals surface area contributed by atoms with E-state index in [1.165, 1.54) is 6.07 Å². The predicted molar refractivity (Wildman–Crippen MR) is 69.7 cm³/mol. The minimum atomic E-state index is -0.929. The summed E-state index contributed by atoms with van der Waals surface area (Å²) in [7, 11) is 0. The van der Waals surface area contributed by atoms with Crippen LogP contribution < -0.4 is 4.74 Å². The molecule has 2 rings (SSSR count). The van der Waals surface area contributed by atoms with E-state index in [0.717, 1.165) is 25.3 Å².